The van der Waals surface area contributed by atoms with E-state index in [9.17, 15) is 0 Å². The Morgan fingerprint density at radius 3 is 2.20 bits per heavy atom. The van der Waals surface area contributed by atoms with Gasteiger partial charge in [0.05, 0.1) is 22.8 Å². The van der Waals surface area contributed by atoms with E-state index in [0.29, 0.717) is 0 Å². The Hall–Kier alpha value is -2.79. The zero-order chi connectivity index (χ0) is 17.1. The second-order valence-electron chi connectivity index (χ2n) is 6.31. The van der Waals surface area contributed by atoms with Crippen LogP contribution in [0, 0.1) is 0 Å². The van der Waals surface area contributed by atoms with Crippen LogP contribution in [0.15, 0.2) is 60.9 Å². The maximum atomic E-state index is 4.76. The highest BCUT2D eigenvalue weighted by Crippen LogP contribution is 2.24. The number of hydrogen-bond acceptors (Lipinski definition) is 5. The van der Waals surface area contributed by atoms with Gasteiger partial charge < -0.3 is 9.80 Å². The van der Waals surface area contributed by atoms with Crippen molar-refractivity contribution in [2.24, 2.45) is 0 Å². The van der Waals surface area contributed by atoms with E-state index in [1.807, 2.05) is 42.6 Å². The molecule has 0 aliphatic carbocycles. The summed E-state index contributed by atoms with van der Waals surface area (Å²) < 4.78 is 0. The Morgan fingerprint density at radius 2 is 1.44 bits per heavy atom. The zero-order valence-electron chi connectivity index (χ0n) is 14.3. The Bertz CT molecular complexity index is 841. The van der Waals surface area contributed by atoms with E-state index in [1.54, 1.807) is 6.20 Å². The molecular formula is C20H21N5. The number of pyridine rings is 3. The highest BCUT2D eigenvalue weighted by Gasteiger charge is 2.15. The first kappa shape index (κ1) is 15.7. The first-order valence-corrected chi connectivity index (χ1v) is 8.58. The Balaban J connectivity index is 1.63. The standard InChI is InChI=1S/C20H21N5/c1-24-11-13-25(14-12-24)16-8-10-22-20(15-16)19-7-4-6-18(23-19)17-5-2-3-9-21-17/h2-10,15H,11-14H2,1H3. The molecule has 3 aromatic heterocycles. The van der Waals surface area contributed by atoms with Gasteiger partial charge in [-0.1, -0.05) is 12.1 Å². The maximum absolute atomic E-state index is 4.76. The first-order chi connectivity index (χ1) is 12.3. The lowest BCUT2D eigenvalue weighted by atomic mass is 10.1. The van der Waals surface area contributed by atoms with Gasteiger partial charge in [-0.25, -0.2) is 4.98 Å². The summed E-state index contributed by atoms with van der Waals surface area (Å²) in [6, 6.07) is 16.1. The van der Waals surface area contributed by atoms with Crippen molar-refractivity contribution in [2.75, 3.05) is 38.1 Å². The molecule has 0 N–H and O–H groups in total. The highest BCUT2D eigenvalue weighted by atomic mass is 15.2. The van der Waals surface area contributed by atoms with Crippen LogP contribution in [0.5, 0.6) is 0 Å². The summed E-state index contributed by atoms with van der Waals surface area (Å²) in [7, 11) is 2.17. The molecular weight excluding hydrogens is 310 g/mol. The molecule has 25 heavy (non-hydrogen) atoms. The number of piperazine rings is 1. The summed E-state index contributed by atoms with van der Waals surface area (Å²) in [5.41, 5.74) is 4.72. The van der Waals surface area contributed by atoms with Gasteiger partial charge in [-0.15, -0.1) is 0 Å². The SMILES string of the molecule is CN1CCN(c2ccnc(-c3cccc(-c4ccccn4)n3)c2)CC1. The van der Waals surface area contributed by atoms with E-state index in [4.69, 9.17) is 4.98 Å². The molecule has 5 heteroatoms. The molecule has 0 atom stereocenters. The Morgan fingerprint density at radius 1 is 0.720 bits per heavy atom. The number of aromatic nitrogens is 3. The van der Waals surface area contributed by atoms with Crippen LogP contribution in [-0.2, 0) is 0 Å². The van der Waals surface area contributed by atoms with Crippen LogP contribution < -0.4 is 4.90 Å². The van der Waals surface area contributed by atoms with E-state index in [0.717, 1.165) is 49.0 Å². The molecule has 3 aromatic rings. The fourth-order valence-electron chi connectivity index (χ4n) is 3.06. The van der Waals surface area contributed by atoms with E-state index >= 15 is 0 Å². The molecule has 1 aliphatic heterocycles. The predicted octanol–water partition coefficient (Wildman–Crippen LogP) is 2.96. The number of hydrogen-bond donors (Lipinski definition) is 0. The summed E-state index contributed by atoms with van der Waals surface area (Å²) in [5.74, 6) is 0. The van der Waals surface area contributed by atoms with Gasteiger partial charge in [0.25, 0.3) is 0 Å². The number of anilines is 1. The molecule has 1 saturated heterocycles. The zero-order valence-corrected chi connectivity index (χ0v) is 14.3. The third kappa shape index (κ3) is 3.51. The molecule has 0 spiro atoms. The van der Waals surface area contributed by atoms with Gasteiger partial charge in [-0.05, 0) is 43.4 Å². The first-order valence-electron chi connectivity index (χ1n) is 8.58. The van der Waals surface area contributed by atoms with Crippen LogP contribution in [0.3, 0.4) is 0 Å². The molecule has 0 aromatic carbocycles. The van der Waals surface area contributed by atoms with Crippen molar-refractivity contribution in [1.82, 2.24) is 19.9 Å². The maximum Gasteiger partial charge on any atom is 0.0907 e. The van der Waals surface area contributed by atoms with Gasteiger partial charge in [0.1, 0.15) is 0 Å². The van der Waals surface area contributed by atoms with E-state index in [1.165, 1.54) is 5.69 Å². The van der Waals surface area contributed by atoms with Gasteiger partial charge in [-0.3, -0.25) is 9.97 Å². The summed E-state index contributed by atoms with van der Waals surface area (Å²) in [5, 5.41) is 0. The van der Waals surface area contributed by atoms with Crippen LogP contribution in [0.25, 0.3) is 22.8 Å². The van der Waals surface area contributed by atoms with Crippen molar-refractivity contribution < 1.29 is 0 Å². The molecule has 0 saturated carbocycles. The molecule has 0 radical (unpaired) electrons. The summed E-state index contributed by atoms with van der Waals surface area (Å²) in [4.78, 5) is 18.4. The van der Waals surface area contributed by atoms with Crippen LogP contribution in [0.2, 0.25) is 0 Å². The fraction of sp³-hybridized carbons (Fsp3) is 0.250. The van der Waals surface area contributed by atoms with Crippen molar-refractivity contribution in [3.63, 3.8) is 0 Å². The van der Waals surface area contributed by atoms with Crippen molar-refractivity contribution in [2.45, 2.75) is 0 Å². The third-order valence-corrected chi connectivity index (χ3v) is 4.55. The largest absolute Gasteiger partial charge is 0.369 e. The number of rotatable bonds is 3. The predicted molar refractivity (Wildman–Crippen MR) is 100 cm³/mol. The average molecular weight is 331 g/mol. The number of likely N-dealkylation sites (N-methyl/N-ethyl adjacent to an activating group) is 1. The minimum Gasteiger partial charge on any atom is -0.369 e. The number of nitrogens with zero attached hydrogens (tertiary/aromatic N) is 5. The van der Waals surface area contributed by atoms with Gasteiger partial charge in [-0.2, -0.15) is 0 Å². The van der Waals surface area contributed by atoms with Crippen LogP contribution >= 0.6 is 0 Å². The van der Waals surface area contributed by atoms with Crippen LogP contribution in [0.4, 0.5) is 5.69 Å². The fourth-order valence-corrected chi connectivity index (χ4v) is 3.06. The van der Waals surface area contributed by atoms with Gasteiger partial charge in [0, 0.05) is 44.3 Å². The van der Waals surface area contributed by atoms with E-state index < -0.39 is 0 Å². The summed E-state index contributed by atoms with van der Waals surface area (Å²) in [6.45, 7) is 4.26. The molecule has 1 fully saturated rings. The van der Waals surface area contributed by atoms with E-state index in [2.05, 4.69) is 38.9 Å². The second-order valence-corrected chi connectivity index (χ2v) is 6.31. The summed E-state index contributed by atoms with van der Waals surface area (Å²) in [6.07, 6.45) is 3.66. The second kappa shape index (κ2) is 6.99. The van der Waals surface area contributed by atoms with Crippen molar-refractivity contribution in [3.8, 4) is 22.8 Å². The van der Waals surface area contributed by atoms with Crippen LogP contribution in [-0.4, -0.2) is 53.1 Å². The molecule has 4 rings (SSSR count). The third-order valence-electron chi connectivity index (χ3n) is 4.55. The smallest absolute Gasteiger partial charge is 0.0907 e. The lowest BCUT2D eigenvalue weighted by Gasteiger charge is -2.34. The lowest BCUT2D eigenvalue weighted by molar-refractivity contribution is 0.313. The Labute approximate surface area is 148 Å². The molecule has 0 unspecified atom stereocenters. The van der Waals surface area contributed by atoms with Gasteiger partial charge >= 0.3 is 0 Å². The summed E-state index contributed by atoms with van der Waals surface area (Å²) >= 11 is 0. The molecule has 126 valence electrons. The quantitative estimate of drug-likeness (QED) is 0.738. The van der Waals surface area contributed by atoms with Gasteiger partial charge in [0.15, 0.2) is 0 Å². The molecule has 1 aliphatic rings. The van der Waals surface area contributed by atoms with E-state index in [-0.39, 0.29) is 0 Å². The Kier molecular flexibility index (Phi) is 4.39. The molecule has 0 amide bonds. The minimum atomic E-state index is 0.866. The topological polar surface area (TPSA) is 45.2 Å². The highest BCUT2D eigenvalue weighted by molar-refractivity contribution is 5.65. The molecule has 4 heterocycles. The molecule has 5 nitrogen and oxygen atoms in total. The monoisotopic (exact) mass is 331 g/mol. The average Bonchev–Trinajstić information content (AvgIpc) is 2.69. The normalized spacial score (nSPS) is 15.3. The van der Waals surface area contributed by atoms with Crippen molar-refractivity contribution >= 4 is 5.69 Å². The van der Waals surface area contributed by atoms with Crippen LogP contribution in [0.1, 0.15) is 0 Å². The lowest BCUT2D eigenvalue weighted by Crippen LogP contribution is -2.44. The molecule has 0 bridgehead atoms. The minimum absolute atomic E-state index is 0.866. The van der Waals surface area contributed by atoms with Gasteiger partial charge in [0.2, 0.25) is 0 Å². The van der Waals surface area contributed by atoms with Crippen molar-refractivity contribution in [1.29, 1.82) is 0 Å². The van der Waals surface area contributed by atoms with Crippen molar-refractivity contribution in [3.05, 3.63) is 60.9 Å².